The molecule has 1 heterocycles. The number of hydrogen-bond donors (Lipinski definition) is 1. The van der Waals surface area contributed by atoms with Gasteiger partial charge in [0.05, 0.1) is 0 Å². The number of aryl methyl sites for hydroxylation is 1. The lowest BCUT2D eigenvalue weighted by molar-refractivity contribution is -0.132. The van der Waals surface area contributed by atoms with Crippen molar-refractivity contribution in [3.63, 3.8) is 0 Å². The third-order valence-corrected chi connectivity index (χ3v) is 4.25. The van der Waals surface area contributed by atoms with Crippen molar-refractivity contribution in [3.8, 4) is 0 Å². The highest BCUT2D eigenvalue weighted by atomic mass is 79.9. The minimum Gasteiger partial charge on any atom is -0.348 e. The zero-order chi connectivity index (χ0) is 14.0. The summed E-state index contributed by atoms with van der Waals surface area (Å²) in [6.45, 7) is 2.56. The van der Waals surface area contributed by atoms with E-state index >= 15 is 0 Å². The fourth-order valence-corrected chi connectivity index (χ4v) is 2.51. The number of likely N-dealkylation sites (tertiary alicyclic amines) is 1. The molecule has 1 saturated heterocycles. The molecule has 2 rings (SSSR count). The van der Waals surface area contributed by atoms with Gasteiger partial charge in [0.25, 0.3) is 5.91 Å². The second kappa shape index (κ2) is 5.74. The van der Waals surface area contributed by atoms with E-state index in [2.05, 4.69) is 21.2 Å². The molecule has 1 aliphatic heterocycles. The van der Waals surface area contributed by atoms with Gasteiger partial charge in [-0.1, -0.05) is 22.0 Å². The van der Waals surface area contributed by atoms with Crippen LogP contribution in [-0.2, 0) is 4.79 Å². The predicted molar refractivity (Wildman–Crippen MR) is 77.0 cm³/mol. The van der Waals surface area contributed by atoms with Crippen LogP contribution in [0, 0.1) is 6.92 Å². The van der Waals surface area contributed by atoms with E-state index in [1.807, 2.05) is 25.1 Å². The molecular formula is C14H17BrN2O2. The third kappa shape index (κ3) is 3.35. The quantitative estimate of drug-likeness (QED) is 0.905. The zero-order valence-electron chi connectivity index (χ0n) is 11.1. The number of piperidine rings is 1. The number of halogens is 1. The molecule has 2 amide bonds. The second-order valence-corrected chi connectivity index (χ2v) is 5.80. The Morgan fingerprint density at radius 2 is 2.21 bits per heavy atom. The Balaban J connectivity index is 2.01. The van der Waals surface area contributed by atoms with Crippen LogP contribution >= 0.6 is 15.9 Å². The highest BCUT2D eigenvalue weighted by Gasteiger charge is 2.24. The summed E-state index contributed by atoms with van der Waals surface area (Å²) < 4.78 is 0.927. The maximum Gasteiger partial charge on any atom is 0.251 e. The summed E-state index contributed by atoms with van der Waals surface area (Å²) in [6, 6.07) is 5.58. The number of benzene rings is 1. The highest BCUT2D eigenvalue weighted by molar-refractivity contribution is 9.10. The van der Waals surface area contributed by atoms with Crippen LogP contribution in [-0.4, -0.2) is 36.3 Å². The normalized spacial score (nSPS) is 19.4. The Kier molecular flexibility index (Phi) is 4.24. The minimum atomic E-state index is -0.0894. The largest absolute Gasteiger partial charge is 0.348 e. The number of carbonyl (C=O) groups is 2. The lowest BCUT2D eigenvalue weighted by Gasteiger charge is -2.30. The number of amides is 2. The van der Waals surface area contributed by atoms with Gasteiger partial charge in [-0.25, -0.2) is 0 Å². The summed E-state index contributed by atoms with van der Waals surface area (Å²) in [5, 5.41) is 2.98. The van der Waals surface area contributed by atoms with E-state index in [4.69, 9.17) is 0 Å². The molecule has 0 spiro atoms. The molecule has 0 aromatic heterocycles. The number of hydrogen-bond acceptors (Lipinski definition) is 2. The number of rotatable bonds is 2. The lowest BCUT2D eigenvalue weighted by Crippen LogP contribution is -2.48. The van der Waals surface area contributed by atoms with Crippen molar-refractivity contribution in [1.29, 1.82) is 0 Å². The van der Waals surface area contributed by atoms with Crippen LogP contribution in [0.1, 0.15) is 28.8 Å². The van der Waals surface area contributed by atoms with Gasteiger partial charge in [0.1, 0.15) is 0 Å². The Morgan fingerprint density at radius 3 is 2.84 bits per heavy atom. The average Bonchev–Trinajstić information content (AvgIpc) is 2.37. The van der Waals surface area contributed by atoms with Crippen LogP contribution in [0.15, 0.2) is 22.7 Å². The Morgan fingerprint density at radius 1 is 1.47 bits per heavy atom. The first-order valence-electron chi connectivity index (χ1n) is 6.28. The molecule has 1 N–H and O–H groups in total. The number of carbonyl (C=O) groups excluding carboxylic acids is 2. The molecule has 102 valence electrons. The van der Waals surface area contributed by atoms with Gasteiger partial charge in [0.2, 0.25) is 5.91 Å². The fourth-order valence-electron chi connectivity index (χ4n) is 2.13. The van der Waals surface area contributed by atoms with Crippen molar-refractivity contribution >= 4 is 27.7 Å². The van der Waals surface area contributed by atoms with Crippen LogP contribution in [0.25, 0.3) is 0 Å². The SMILES string of the molecule is Cc1ccc(C(=O)NC2CCC(=O)N(C)C2)cc1Br. The second-order valence-electron chi connectivity index (χ2n) is 4.95. The van der Waals surface area contributed by atoms with Gasteiger partial charge in [-0.15, -0.1) is 0 Å². The van der Waals surface area contributed by atoms with Gasteiger partial charge in [0.15, 0.2) is 0 Å². The van der Waals surface area contributed by atoms with Crippen molar-refractivity contribution in [2.45, 2.75) is 25.8 Å². The van der Waals surface area contributed by atoms with Crippen molar-refractivity contribution < 1.29 is 9.59 Å². The molecule has 1 aromatic rings. The Bertz CT molecular complexity index is 516. The van der Waals surface area contributed by atoms with Crippen LogP contribution < -0.4 is 5.32 Å². The van der Waals surface area contributed by atoms with Crippen molar-refractivity contribution in [1.82, 2.24) is 10.2 Å². The molecule has 0 bridgehead atoms. The van der Waals surface area contributed by atoms with E-state index < -0.39 is 0 Å². The van der Waals surface area contributed by atoms with E-state index in [1.165, 1.54) is 0 Å². The van der Waals surface area contributed by atoms with Crippen molar-refractivity contribution in [3.05, 3.63) is 33.8 Å². The van der Waals surface area contributed by atoms with E-state index in [0.717, 1.165) is 10.0 Å². The maximum atomic E-state index is 12.1. The standard InChI is InChI=1S/C14H17BrN2O2/c1-9-3-4-10(7-12(9)15)14(19)16-11-5-6-13(18)17(2)8-11/h3-4,7,11H,5-6,8H2,1-2H3,(H,16,19). The molecule has 1 unspecified atom stereocenters. The molecule has 4 nitrogen and oxygen atoms in total. The Labute approximate surface area is 121 Å². The van der Waals surface area contributed by atoms with Crippen LogP contribution in [0.4, 0.5) is 0 Å². The lowest BCUT2D eigenvalue weighted by atomic mass is 10.0. The molecule has 1 aromatic carbocycles. The summed E-state index contributed by atoms with van der Waals surface area (Å²) in [6.07, 6.45) is 1.21. The van der Waals surface area contributed by atoms with Crippen LogP contribution in [0.3, 0.4) is 0 Å². The van der Waals surface area contributed by atoms with Gasteiger partial charge in [-0.3, -0.25) is 9.59 Å². The molecule has 0 aliphatic carbocycles. The monoisotopic (exact) mass is 324 g/mol. The molecule has 1 atom stereocenters. The first-order valence-corrected chi connectivity index (χ1v) is 7.07. The minimum absolute atomic E-state index is 0.0373. The molecule has 19 heavy (non-hydrogen) atoms. The average molecular weight is 325 g/mol. The van der Waals surface area contributed by atoms with E-state index in [-0.39, 0.29) is 17.9 Å². The molecule has 0 radical (unpaired) electrons. The third-order valence-electron chi connectivity index (χ3n) is 3.40. The van der Waals surface area contributed by atoms with Gasteiger partial charge in [0, 0.05) is 36.1 Å². The molecule has 1 aliphatic rings. The van der Waals surface area contributed by atoms with Gasteiger partial charge in [-0.05, 0) is 31.0 Å². The van der Waals surface area contributed by atoms with Crippen molar-refractivity contribution in [2.24, 2.45) is 0 Å². The first-order chi connectivity index (χ1) is 8.97. The number of likely N-dealkylation sites (N-methyl/N-ethyl adjacent to an activating group) is 1. The van der Waals surface area contributed by atoms with E-state index in [0.29, 0.717) is 24.9 Å². The highest BCUT2D eigenvalue weighted by Crippen LogP contribution is 2.18. The van der Waals surface area contributed by atoms with Gasteiger partial charge in [-0.2, -0.15) is 0 Å². The zero-order valence-corrected chi connectivity index (χ0v) is 12.7. The summed E-state index contributed by atoms with van der Waals surface area (Å²) in [5.41, 5.74) is 1.73. The van der Waals surface area contributed by atoms with E-state index in [9.17, 15) is 9.59 Å². The smallest absolute Gasteiger partial charge is 0.251 e. The summed E-state index contributed by atoms with van der Waals surface area (Å²) in [7, 11) is 1.77. The summed E-state index contributed by atoms with van der Waals surface area (Å²) in [5.74, 6) is 0.0528. The van der Waals surface area contributed by atoms with Gasteiger partial charge >= 0.3 is 0 Å². The molecule has 5 heteroatoms. The van der Waals surface area contributed by atoms with Crippen LogP contribution in [0.2, 0.25) is 0 Å². The number of nitrogens with zero attached hydrogens (tertiary/aromatic N) is 1. The topological polar surface area (TPSA) is 49.4 Å². The van der Waals surface area contributed by atoms with Crippen LogP contribution in [0.5, 0.6) is 0 Å². The first kappa shape index (κ1) is 14.1. The molecule has 1 fully saturated rings. The van der Waals surface area contributed by atoms with Gasteiger partial charge < -0.3 is 10.2 Å². The summed E-state index contributed by atoms with van der Waals surface area (Å²) >= 11 is 3.42. The number of nitrogens with one attached hydrogen (secondary N) is 1. The predicted octanol–water partition coefficient (Wildman–Crippen LogP) is 2.11. The fraction of sp³-hybridized carbons (Fsp3) is 0.429. The molecular weight excluding hydrogens is 308 g/mol. The van der Waals surface area contributed by atoms with Crippen molar-refractivity contribution in [2.75, 3.05) is 13.6 Å². The van der Waals surface area contributed by atoms with E-state index in [1.54, 1.807) is 11.9 Å². The maximum absolute atomic E-state index is 12.1. The Hall–Kier alpha value is -1.36. The molecule has 0 saturated carbocycles. The summed E-state index contributed by atoms with van der Waals surface area (Å²) in [4.78, 5) is 25.2.